The van der Waals surface area contributed by atoms with Gasteiger partial charge in [-0.1, -0.05) is 0 Å². The van der Waals surface area contributed by atoms with Crippen molar-refractivity contribution >= 4 is 12.1 Å². The number of hydrogen-bond donors (Lipinski definition) is 4. The summed E-state index contributed by atoms with van der Waals surface area (Å²) in [5.41, 5.74) is 15.0. The summed E-state index contributed by atoms with van der Waals surface area (Å²) in [6.45, 7) is 0. The van der Waals surface area contributed by atoms with E-state index in [0.29, 0.717) is 0 Å². The lowest BCUT2D eigenvalue weighted by Gasteiger charge is -2.09. The van der Waals surface area contributed by atoms with Crippen LogP contribution < -0.4 is 22.1 Å². The molecule has 0 saturated heterocycles. The molecular weight excluding hydrogens is 170 g/mol. The summed E-state index contributed by atoms with van der Waals surface area (Å²) in [6, 6.07) is -0.530. The summed E-state index contributed by atoms with van der Waals surface area (Å²) in [5, 5.41) is 0. The van der Waals surface area contributed by atoms with Gasteiger partial charge in [-0.15, -0.1) is 0 Å². The molecule has 2 aliphatic heterocycles. The van der Waals surface area contributed by atoms with Crippen molar-refractivity contribution in [3.8, 4) is 0 Å². The minimum Gasteiger partial charge on any atom is -0.368 e. The number of hydrogen-bond acceptors (Lipinski definition) is 5. The van der Waals surface area contributed by atoms with Crippen LogP contribution in [0.1, 0.15) is 0 Å². The molecule has 2 rings (SSSR count). The van der Waals surface area contributed by atoms with Crippen LogP contribution in [0.25, 0.3) is 0 Å². The van der Waals surface area contributed by atoms with Gasteiger partial charge in [-0.2, -0.15) is 5.53 Å². The van der Waals surface area contributed by atoms with Gasteiger partial charge in [0.1, 0.15) is 6.04 Å². The molecule has 13 heavy (non-hydrogen) atoms. The maximum Gasteiger partial charge on any atom is 0.239 e. The first-order valence-corrected chi connectivity index (χ1v) is 3.79. The van der Waals surface area contributed by atoms with Gasteiger partial charge in [0, 0.05) is 11.8 Å². The van der Waals surface area contributed by atoms with E-state index in [9.17, 15) is 4.79 Å². The molecule has 1 unspecified atom stereocenters. The largest absolute Gasteiger partial charge is 0.368 e. The van der Waals surface area contributed by atoms with Gasteiger partial charge < -0.3 is 11.2 Å². The lowest BCUT2D eigenvalue weighted by Crippen LogP contribution is -2.50. The first-order chi connectivity index (χ1) is 6.27. The number of amides is 1. The summed E-state index contributed by atoms with van der Waals surface area (Å²) in [5.74, 6) is -0.441. The molecular formula is C7H9N5O. The predicted octanol–water partition coefficient (Wildman–Crippen LogP) is -1.70. The molecule has 1 atom stereocenters. The Morgan fingerprint density at radius 3 is 3.23 bits per heavy atom. The second kappa shape index (κ2) is 3.00. The average molecular weight is 179 g/mol. The Morgan fingerprint density at radius 2 is 2.46 bits per heavy atom. The molecule has 0 spiro atoms. The van der Waals surface area contributed by atoms with Crippen molar-refractivity contribution in [2.24, 2.45) is 10.7 Å². The molecule has 2 aliphatic rings. The molecule has 2 heterocycles. The third-order valence-corrected chi connectivity index (χ3v) is 1.81. The number of fused-ring (bicyclic) bond motifs is 1. The fraction of sp³-hybridized carbons (Fsp3) is 0.143. The summed E-state index contributed by atoms with van der Waals surface area (Å²) < 4.78 is 0. The van der Waals surface area contributed by atoms with Gasteiger partial charge >= 0.3 is 0 Å². The predicted molar refractivity (Wildman–Crippen MR) is 47.0 cm³/mol. The second-order valence-corrected chi connectivity index (χ2v) is 2.72. The normalized spacial score (nSPS) is 25.4. The molecule has 6 nitrogen and oxygen atoms in total. The second-order valence-electron chi connectivity index (χ2n) is 2.72. The Kier molecular flexibility index (Phi) is 1.84. The van der Waals surface area contributed by atoms with Gasteiger partial charge in [0.05, 0.1) is 11.9 Å². The monoisotopic (exact) mass is 179 g/mol. The van der Waals surface area contributed by atoms with Crippen molar-refractivity contribution in [3.63, 3.8) is 0 Å². The number of hydrazine groups is 2. The molecule has 0 fully saturated rings. The highest BCUT2D eigenvalue weighted by Gasteiger charge is 2.18. The van der Waals surface area contributed by atoms with Crippen LogP contribution in [-0.4, -0.2) is 18.2 Å². The van der Waals surface area contributed by atoms with Crippen LogP contribution in [0, 0.1) is 0 Å². The summed E-state index contributed by atoms with van der Waals surface area (Å²) in [4.78, 5) is 14.8. The van der Waals surface area contributed by atoms with Crippen LogP contribution in [-0.2, 0) is 4.79 Å². The van der Waals surface area contributed by atoms with Crippen LogP contribution in [0.3, 0.4) is 0 Å². The number of aliphatic imine (C=N–C) groups is 1. The topological polar surface area (TPSA) is 91.5 Å². The molecule has 0 radical (unpaired) electrons. The molecule has 1 amide bonds. The number of rotatable bonds is 1. The van der Waals surface area contributed by atoms with Crippen LogP contribution in [0.2, 0.25) is 0 Å². The van der Waals surface area contributed by atoms with E-state index < -0.39 is 11.9 Å². The Labute approximate surface area is 74.5 Å². The van der Waals surface area contributed by atoms with Crippen molar-refractivity contribution in [1.82, 2.24) is 16.4 Å². The lowest BCUT2D eigenvalue weighted by atomic mass is 10.1. The fourth-order valence-corrected chi connectivity index (χ4v) is 1.13. The minimum absolute atomic E-state index is 0.441. The highest BCUT2D eigenvalue weighted by Crippen LogP contribution is 2.12. The molecule has 68 valence electrons. The molecule has 0 aromatic rings. The molecule has 0 aromatic heterocycles. The number of primary amides is 1. The standard InChI is InChI=1S/C7H9N5O/c8-7(13)5-1-4-2-9-3-6(4)11-12-10-5/h1-3,5,10-12H,(H2,8,13). The van der Waals surface area contributed by atoms with Crippen molar-refractivity contribution in [2.75, 3.05) is 0 Å². The fourth-order valence-electron chi connectivity index (χ4n) is 1.13. The molecule has 0 aliphatic carbocycles. The van der Waals surface area contributed by atoms with E-state index in [2.05, 4.69) is 21.4 Å². The number of carbonyl (C=O) groups is 1. The Balaban J connectivity index is 2.27. The molecule has 0 bridgehead atoms. The van der Waals surface area contributed by atoms with E-state index in [4.69, 9.17) is 5.73 Å². The van der Waals surface area contributed by atoms with Gasteiger partial charge in [-0.25, -0.2) is 5.43 Å². The van der Waals surface area contributed by atoms with Gasteiger partial charge in [-0.3, -0.25) is 9.79 Å². The summed E-state index contributed by atoms with van der Waals surface area (Å²) >= 11 is 0. The molecule has 0 aromatic carbocycles. The van der Waals surface area contributed by atoms with Crippen LogP contribution in [0.4, 0.5) is 0 Å². The van der Waals surface area contributed by atoms with Crippen molar-refractivity contribution < 1.29 is 4.79 Å². The smallest absolute Gasteiger partial charge is 0.239 e. The van der Waals surface area contributed by atoms with E-state index in [0.717, 1.165) is 11.3 Å². The van der Waals surface area contributed by atoms with Gasteiger partial charge in [-0.05, 0) is 6.08 Å². The number of nitrogens with zero attached hydrogens (tertiary/aromatic N) is 1. The highest BCUT2D eigenvalue weighted by molar-refractivity contribution is 5.91. The van der Waals surface area contributed by atoms with Crippen LogP contribution >= 0.6 is 0 Å². The summed E-state index contributed by atoms with van der Waals surface area (Å²) in [7, 11) is 0. The van der Waals surface area contributed by atoms with E-state index in [1.807, 2.05) is 0 Å². The zero-order valence-electron chi connectivity index (χ0n) is 6.74. The van der Waals surface area contributed by atoms with Crippen molar-refractivity contribution in [3.05, 3.63) is 23.5 Å². The maximum atomic E-state index is 10.9. The zero-order chi connectivity index (χ0) is 9.26. The molecule has 6 heteroatoms. The number of nitrogens with two attached hydrogens (primary N) is 1. The van der Waals surface area contributed by atoms with E-state index in [-0.39, 0.29) is 0 Å². The minimum atomic E-state index is -0.530. The zero-order valence-corrected chi connectivity index (χ0v) is 6.74. The average Bonchev–Trinajstić information content (AvgIpc) is 2.42. The third kappa shape index (κ3) is 1.44. The van der Waals surface area contributed by atoms with Crippen LogP contribution in [0.15, 0.2) is 28.5 Å². The van der Waals surface area contributed by atoms with Gasteiger partial charge in [0.15, 0.2) is 0 Å². The maximum absolute atomic E-state index is 10.9. The lowest BCUT2D eigenvalue weighted by molar-refractivity contribution is -0.119. The van der Waals surface area contributed by atoms with E-state index in [1.165, 1.54) is 0 Å². The van der Waals surface area contributed by atoms with Crippen LogP contribution in [0.5, 0.6) is 0 Å². The van der Waals surface area contributed by atoms with Gasteiger partial charge in [0.2, 0.25) is 5.91 Å². The highest BCUT2D eigenvalue weighted by atomic mass is 16.1. The van der Waals surface area contributed by atoms with Crippen molar-refractivity contribution in [1.29, 1.82) is 0 Å². The third-order valence-electron chi connectivity index (χ3n) is 1.81. The Bertz CT molecular complexity index is 330. The number of carbonyl (C=O) groups excluding carboxylic acids is 1. The number of nitrogens with one attached hydrogen (secondary N) is 3. The summed E-state index contributed by atoms with van der Waals surface area (Å²) in [6.07, 6.45) is 5.02. The Morgan fingerprint density at radius 1 is 1.62 bits per heavy atom. The molecule has 5 N–H and O–H groups in total. The SMILES string of the molecule is NC(=O)C1C=C2C=NC=C2NNN1. The quantitative estimate of drug-likeness (QED) is 0.386. The van der Waals surface area contributed by atoms with Gasteiger partial charge in [0.25, 0.3) is 0 Å². The van der Waals surface area contributed by atoms with E-state index >= 15 is 0 Å². The van der Waals surface area contributed by atoms with Crippen molar-refractivity contribution in [2.45, 2.75) is 6.04 Å². The first-order valence-electron chi connectivity index (χ1n) is 3.79. The number of allylic oxidation sites excluding steroid dienone is 1. The Hall–Kier alpha value is -1.66. The molecule has 0 saturated carbocycles. The van der Waals surface area contributed by atoms with E-state index in [1.54, 1.807) is 18.5 Å². The first kappa shape index (κ1) is 7.96.